The predicted octanol–water partition coefficient (Wildman–Crippen LogP) is 3.12. The first kappa shape index (κ1) is 19.4. The minimum absolute atomic E-state index is 0.113. The van der Waals surface area contributed by atoms with E-state index in [9.17, 15) is 4.79 Å². The number of rotatable bonds is 8. The van der Waals surface area contributed by atoms with E-state index in [1.807, 2.05) is 36.7 Å². The number of hydrogen-bond acceptors (Lipinski definition) is 4. The Morgan fingerprint density at radius 2 is 2.22 bits per heavy atom. The molecule has 146 valence electrons. The van der Waals surface area contributed by atoms with E-state index in [2.05, 4.69) is 23.4 Å². The zero-order valence-electron chi connectivity index (χ0n) is 16.4. The third kappa shape index (κ3) is 5.32. The first-order valence-corrected chi connectivity index (χ1v) is 9.65. The number of ether oxygens (including phenoxy) is 2. The number of hydrogen-bond donors (Lipinski definition) is 1. The van der Waals surface area contributed by atoms with Crippen LogP contribution in [0.3, 0.4) is 0 Å². The minimum atomic E-state index is -0.113. The maximum atomic E-state index is 12.6. The van der Waals surface area contributed by atoms with Gasteiger partial charge in [0.05, 0.1) is 17.4 Å². The van der Waals surface area contributed by atoms with Gasteiger partial charge < -0.3 is 14.8 Å². The molecule has 0 unspecified atom stereocenters. The van der Waals surface area contributed by atoms with Gasteiger partial charge in [0.25, 0.3) is 5.91 Å². The lowest BCUT2D eigenvalue weighted by molar-refractivity contribution is 0.0670. The van der Waals surface area contributed by atoms with Crippen LogP contribution in [0, 0.1) is 19.8 Å². The van der Waals surface area contributed by atoms with Gasteiger partial charge in [-0.3, -0.25) is 9.48 Å². The summed E-state index contributed by atoms with van der Waals surface area (Å²) >= 11 is 0. The summed E-state index contributed by atoms with van der Waals surface area (Å²) in [6, 6.07) is 9.43. The summed E-state index contributed by atoms with van der Waals surface area (Å²) in [6.45, 7) is 8.78. The number of nitrogens with zero attached hydrogens (tertiary/aromatic N) is 2. The normalized spacial score (nSPS) is 17.7. The fraction of sp³-hybridized carbons (Fsp3) is 0.524. The minimum Gasteiger partial charge on any atom is -0.490 e. The topological polar surface area (TPSA) is 65.4 Å². The Labute approximate surface area is 160 Å². The van der Waals surface area contributed by atoms with Crippen LogP contribution in [0.2, 0.25) is 0 Å². The highest BCUT2D eigenvalue weighted by atomic mass is 16.5. The molecule has 2 atom stereocenters. The van der Waals surface area contributed by atoms with Crippen molar-refractivity contribution < 1.29 is 14.3 Å². The van der Waals surface area contributed by atoms with Crippen LogP contribution in [-0.2, 0) is 11.3 Å². The maximum Gasteiger partial charge on any atom is 0.255 e. The van der Waals surface area contributed by atoms with E-state index in [0.717, 1.165) is 37.4 Å². The first-order chi connectivity index (χ1) is 13.0. The van der Waals surface area contributed by atoms with Crippen LogP contribution in [-0.4, -0.2) is 41.6 Å². The fourth-order valence-corrected chi connectivity index (χ4v) is 3.32. The van der Waals surface area contributed by atoms with E-state index in [1.165, 1.54) is 0 Å². The third-order valence-corrected chi connectivity index (χ3v) is 4.78. The number of aryl methyl sites for hydroxylation is 2. The van der Waals surface area contributed by atoms with Crippen molar-refractivity contribution in [2.75, 3.05) is 19.8 Å². The number of benzene rings is 1. The molecule has 3 rings (SSSR count). The Hall–Kier alpha value is -2.34. The number of aromatic nitrogens is 2. The summed E-state index contributed by atoms with van der Waals surface area (Å²) in [5, 5.41) is 7.51. The van der Waals surface area contributed by atoms with Crippen molar-refractivity contribution >= 4 is 5.91 Å². The second-order valence-electron chi connectivity index (χ2n) is 7.37. The first-order valence-electron chi connectivity index (χ1n) is 9.65. The van der Waals surface area contributed by atoms with Crippen molar-refractivity contribution in [3.05, 3.63) is 47.3 Å². The summed E-state index contributed by atoms with van der Waals surface area (Å²) in [5.74, 6) is 0.766. The number of amides is 1. The Bertz CT molecular complexity index is 766. The van der Waals surface area contributed by atoms with E-state index < -0.39 is 0 Å². The number of para-hydroxylation sites is 1. The molecule has 0 bridgehead atoms. The van der Waals surface area contributed by atoms with Crippen LogP contribution >= 0.6 is 0 Å². The molecule has 1 aromatic carbocycles. The highest BCUT2D eigenvalue weighted by molar-refractivity contribution is 5.96. The molecule has 0 aliphatic carbocycles. The van der Waals surface area contributed by atoms with Crippen LogP contribution in [0.4, 0.5) is 0 Å². The average Bonchev–Trinajstić information content (AvgIpc) is 3.28. The lowest BCUT2D eigenvalue weighted by Crippen LogP contribution is -2.31. The monoisotopic (exact) mass is 371 g/mol. The van der Waals surface area contributed by atoms with Crippen LogP contribution in [0.25, 0.3) is 0 Å². The molecule has 1 aromatic heterocycles. The van der Waals surface area contributed by atoms with Gasteiger partial charge in [-0.25, -0.2) is 0 Å². The van der Waals surface area contributed by atoms with Crippen molar-refractivity contribution in [3.8, 4) is 5.75 Å². The highest BCUT2D eigenvalue weighted by Gasteiger charge is 2.18. The molecule has 0 saturated carbocycles. The molecule has 2 heterocycles. The summed E-state index contributed by atoms with van der Waals surface area (Å²) in [5.41, 5.74) is 2.72. The van der Waals surface area contributed by atoms with Crippen molar-refractivity contribution in [2.45, 2.75) is 46.3 Å². The molecule has 0 radical (unpaired) electrons. The molecule has 1 fully saturated rings. The van der Waals surface area contributed by atoms with E-state index >= 15 is 0 Å². The van der Waals surface area contributed by atoms with E-state index in [1.54, 1.807) is 6.07 Å². The lowest BCUT2D eigenvalue weighted by Gasteiger charge is -2.16. The van der Waals surface area contributed by atoms with Crippen LogP contribution in [0.1, 0.15) is 41.5 Å². The maximum absolute atomic E-state index is 12.6. The quantitative estimate of drug-likeness (QED) is 0.774. The van der Waals surface area contributed by atoms with Gasteiger partial charge in [-0.2, -0.15) is 5.10 Å². The number of nitrogens with one attached hydrogen (secondary N) is 1. The van der Waals surface area contributed by atoms with Gasteiger partial charge in [0.2, 0.25) is 0 Å². The van der Waals surface area contributed by atoms with Crippen molar-refractivity contribution in [3.63, 3.8) is 0 Å². The van der Waals surface area contributed by atoms with Gasteiger partial charge in [-0.1, -0.05) is 19.1 Å². The zero-order chi connectivity index (χ0) is 19.2. The standard InChI is InChI=1S/C21H29N3O3/c1-15(13-24-17(3)11-16(2)23-24)12-22-21(25)19-8-4-5-9-20(19)27-14-18-7-6-10-26-18/h4-5,8-9,11,15,18H,6-7,10,12-14H2,1-3H3,(H,22,25)/t15-,18+/m1/s1. The van der Waals surface area contributed by atoms with Gasteiger partial charge in [0, 0.05) is 25.4 Å². The molecule has 1 N–H and O–H groups in total. The Morgan fingerprint density at radius 3 is 2.93 bits per heavy atom. The Balaban J connectivity index is 1.53. The van der Waals surface area contributed by atoms with Crippen molar-refractivity contribution in [1.82, 2.24) is 15.1 Å². The van der Waals surface area contributed by atoms with Gasteiger partial charge in [-0.05, 0) is 50.8 Å². The molecule has 1 amide bonds. The molecular formula is C21H29N3O3. The molecule has 1 aliphatic rings. The van der Waals surface area contributed by atoms with Gasteiger partial charge in [-0.15, -0.1) is 0 Å². The third-order valence-electron chi connectivity index (χ3n) is 4.78. The molecule has 6 nitrogen and oxygen atoms in total. The molecule has 1 aliphatic heterocycles. The fourth-order valence-electron chi connectivity index (χ4n) is 3.32. The smallest absolute Gasteiger partial charge is 0.255 e. The van der Waals surface area contributed by atoms with Crippen LogP contribution in [0.5, 0.6) is 5.75 Å². The second kappa shape index (κ2) is 9.04. The zero-order valence-corrected chi connectivity index (χ0v) is 16.4. The summed E-state index contributed by atoms with van der Waals surface area (Å²) in [6.07, 6.45) is 2.21. The van der Waals surface area contributed by atoms with E-state index in [-0.39, 0.29) is 17.9 Å². The Kier molecular flexibility index (Phi) is 6.50. The summed E-state index contributed by atoms with van der Waals surface area (Å²) in [7, 11) is 0. The number of carbonyl (C=O) groups excluding carboxylic acids is 1. The summed E-state index contributed by atoms with van der Waals surface area (Å²) in [4.78, 5) is 12.6. The van der Waals surface area contributed by atoms with Crippen molar-refractivity contribution in [2.24, 2.45) is 5.92 Å². The van der Waals surface area contributed by atoms with Gasteiger partial charge in [0.15, 0.2) is 0 Å². The molecule has 6 heteroatoms. The van der Waals surface area contributed by atoms with E-state index in [4.69, 9.17) is 9.47 Å². The number of carbonyl (C=O) groups is 1. The average molecular weight is 371 g/mol. The molecule has 2 aromatic rings. The predicted molar refractivity (Wildman–Crippen MR) is 104 cm³/mol. The summed E-state index contributed by atoms with van der Waals surface area (Å²) < 4.78 is 13.4. The lowest BCUT2D eigenvalue weighted by atomic mass is 10.1. The van der Waals surface area contributed by atoms with Crippen LogP contribution in [0.15, 0.2) is 30.3 Å². The highest BCUT2D eigenvalue weighted by Crippen LogP contribution is 2.20. The van der Waals surface area contributed by atoms with E-state index in [0.29, 0.717) is 24.5 Å². The SMILES string of the molecule is Cc1cc(C)n(C[C@H](C)CNC(=O)c2ccccc2OC[C@@H]2CCCO2)n1. The molecule has 27 heavy (non-hydrogen) atoms. The molecular weight excluding hydrogens is 342 g/mol. The van der Waals surface area contributed by atoms with Crippen LogP contribution < -0.4 is 10.1 Å². The molecule has 0 spiro atoms. The Morgan fingerprint density at radius 1 is 1.41 bits per heavy atom. The largest absolute Gasteiger partial charge is 0.490 e. The van der Waals surface area contributed by atoms with Crippen molar-refractivity contribution in [1.29, 1.82) is 0 Å². The second-order valence-corrected chi connectivity index (χ2v) is 7.37. The van der Waals surface area contributed by atoms with Gasteiger partial charge in [0.1, 0.15) is 12.4 Å². The van der Waals surface area contributed by atoms with Gasteiger partial charge >= 0.3 is 0 Å². The molecule has 1 saturated heterocycles.